The SMILES string of the molecule is O=C1NC(=O)C2(CCN(C(CCc3ccccc3)Cc3ccc(Br)cc3)CC2)N1. The molecule has 0 bridgehead atoms. The zero-order chi connectivity index (χ0) is 20.3. The van der Waals surface area contributed by atoms with Gasteiger partial charge in [-0.2, -0.15) is 0 Å². The maximum atomic E-state index is 12.3. The van der Waals surface area contributed by atoms with Gasteiger partial charge in [-0.1, -0.05) is 58.4 Å². The van der Waals surface area contributed by atoms with E-state index in [0.717, 1.165) is 36.8 Å². The average Bonchev–Trinajstić information content (AvgIpc) is 3.01. The second-order valence-corrected chi connectivity index (χ2v) is 8.95. The molecule has 1 spiro atoms. The quantitative estimate of drug-likeness (QED) is 0.653. The molecule has 2 heterocycles. The minimum absolute atomic E-state index is 0.170. The summed E-state index contributed by atoms with van der Waals surface area (Å²) in [7, 11) is 0. The summed E-state index contributed by atoms with van der Waals surface area (Å²) in [4.78, 5) is 26.4. The highest BCUT2D eigenvalue weighted by atomic mass is 79.9. The molecule has 4 rings (SSSR count). The van der Waals surface area contributed by atoms with Crippen LogP contribution >= 0.6 is 15.9 Å². The molecule has 2 aliphatic heterocycles. The van der Waals surface area contributed by atoms with Crippen LogP contribution < -0.4 is 10.6 Å². The first-order valence-electron chi connectivity index (χ1n) is 10.2. The van der Waals surface area contributed by atoms with Gasteiger partial charge in [-0.25, -0.2) is 4.79 Å². The fourth-order valence-electron chi connectivity index (χ4n) is 4.44. The minimum Gasteiger partial charge on any atom is -0.323 e. The number of nitrogens with one attached hydrogen (secondary N) is 2. The van der Waals surface area contributed by atoms with Crippen LogP contribution in [0.25, 0.3) is 0 Å². The Labute approximate surface area is 180 Å². The standard InChI is InChI=1S/C23H26BrN3O2/c24-19-9-6-18(7-10-19)16-20(11-8-17-4-2-1-3-5-17)27-14-12-23(13-15-27)21(28)25-22(29)26-23/h1-7,9-10,20H,8,11-16H2,(H2,25,26,28,29). The molecule has 3 amide bonds. The summed E-state index contributed by atoms with van der Waals surface area (Å²) >= 11 is 3.51. The zero-order valence-corrected chi connectivity index (χ0v) is 18.0. The van der Waals surface area contributed by atoms with Crippen molar-refractivity contribution in [2.75, 3.05) is 13.1 Å². The van der Waals surface area contributed by atoms with E-state index in [1.54, 1.807) is 0 Å². The number of hydrogen-bond donors (Lipinski definition) is 2. The highest BCUT2D eigenvalue weighted by Gasteiger charge is 2.48. The van der Waals surface area contributed by atoms with Gasteiger partial charge in [-0.05, 0) is 55.4 Å². The lowest BCUT2D eigenvalue weighted by Gasteiger charge is -2.41. The van der Waals surface area contributed by atoms with Gasteiger partial charge in [0.15, 0.2) is 0 Å². The van der Waals surface area contributed by atoms with Crippen LogP contribution in [0, 0.1) is 0 Å². The molecule has 2 aliphatic rings. The number of hydrogen-bond acceptors (Lipinski definition) is 3. The van der Waals surface area contributed by atoms with Crippen LogP contribution in [0.2, 0.25) is 0 Å². The summed E-state index contributed by atoms with van der Waals surface area (Å²) < 4.78 is 1.09. The number of benzene rings is 2. The third kappa shape index (κ3) is 4.70. The smallest absolute Gasteiger partial charge is 0.322 e. The van der Waals surface area contributed by atoms with Crippen molar-refractivity contribution in [3.63, 3.8) is 0 Å². The third-order valence-electron chi connectivity index (χ3n) is 6.18. The number of nitrogens with zero attached hydrogens (tertiary/aromatic N) is 1. The molecule has 2 saturated heterocycles. The first-order chi connectivity index (χ1) is 14.0. The Bertz CT molecular complexity index is 861. The lowest BCUT2D eigenvalue weighted by Crippen LogP contribution is -2.56. The van der Waals surface area contributed by atoms with E-state index in [9.17, 15) is 9.59 Å². The molecule has 1 atom stereocenters. The molecule has 0 radical (unpaired) electrons. The van der Waals surface area contributed by atoms with Gasteiger partial charge in [0.1, 0.15) is 5.54 Å². The summed E-state index contributed by atoms with van der Waals surface area (Å²) in [5.74, 6) is -0.170. The topological polar surface area (TPSA) is 61.4 Å². The monoisotopic (exact) mass is 455 g/mol. The number of piperidine rings is 1. The van der Waals surface area contributed by atoms with Gasteiger partial charge < -0.3 is 5.32 Å². The summed E-state index contributed by atoms with van der Waals surface area (Å²) in [6.45, 7) is 1.62. The summed E-state index contributed by atoms with van der Waals surface area (Å²) in [5.41, 5.74) is 1.96. The first-order valence-corrected chi connectivity index (χ1v) is 11.0. The Morgan fingerprint density at radius 2 is 1.66 bits per heavy atom. The van der Waals surface area contributed by atoms with Crippen molar-refractivity contribution in [2.24, 2.45) is 0 Å². The highest BCUT2D eigenvalue weighted by Crippen LogP contribution is 2.28. The van der Waals surface area contributed by atoms with Crippen molar-refractivity contribution >= 4 is 27.9 Å². The maximum Gasteiger partial charge on any atom is 0.322 e. The number of carbonyl (C=O) groups excluding carboxylic acids is 2. The Kier molecular flexibility index (Phi) is 6.01. The van der Waals surface area contributed by atoms with Crippen LogP contribution in [0.5, 0.6) is 0 Å². The van der Waals surface area contributed by atoms with Crippen molar-refractivity contribution < 1.29 is 9.59 Å². The van der Waals surface area contributed by atoms with Gasteiger partial charge in [-0.3, -0.25) is 15.0 Å². The van der Waals surface area contributed by atoms with Gasteiger partial charge in [-0.15, -0.1) is 0 Å². The van der Waals surface area contributed by atoms with Crippen molar-refractivity contribution in [1.29, 1.82) is 0 Å². The summed E-state index contributed by atoms with van der Waals surface area (Å²) in [6, 6.07) is 19.2. The molecule has 2 N–H and O–H groups in total. The van der Waals surface area contributed by atoms with Gasteiger partial charge >= 0.3 is 6.03 Å². The predicted octanol–water partition coefficient (Wildman–Crippen LogP) is 3.67. The molecular formula is C23H26BrN3O2. The second kappa shape index (κ2) is 8.67. The lowest BCUT2D eigenvalue weighted by molar-refractivity contribution is -0.125. The van der Waals surface area contributed by atoms with Crippen LogP contribution in [0.4, 0.5) is 4.79 Å². The summed E-state index contributed by atoms with van der Waals surface area (Å²) in [6.07, 6.45) is 4.39. The van der Waals surface area contributed by atoms with Crippen LogP contribution in [-0.4, -0.2) is 41.5 Å². The molecule has 0 aromatic heterocycles. The molecule has 2 aromatic rings. The Morgan fingerprint density at radius 3 is 2.28 bits per heavy atom. The van der Waals surface area contributed by atoms with E-state index in [-0.39, 0.29) is 11.9 Å². The molecular weight excluding hydrogens is 430 g/mol. The molecule has 152 valence electrons. The van der Waals surface area contributed by atoms with Crippen LogP contribution in [0.1, 0.15) is 30.4 Å². The predicted molar refractivity (Wildman–Crippen MR) is 117 cm³/mol. The fourth-order valence-corrected chi connectivity index (χ4v) is 4.70. The Balaban J connectivity index is 1.45. The molecule has 0 saturated carbocycles. The van der Waals surface area contributed by atoms with Gasteiger partial charge in [0, 0.05) is 23.6 Å². The fraction of sp³-hybridized carbons (Fsp3) is 0.391. The lowest BCUT2D eigenvalue weighted by atomic mass is 9.86. The van der Waals surface area contributed by atoms with E-state index < -0.39 is 5.54 Å². The molecule has 2 fully saturated rings. The van der Waals surface area contributed by atoms with E-state index in [1.807, 2.05) is 6.07 Å². The normalized spacial score (nSPS) is 19.8. The molecule has 6 heteroatoms. The number of rotatable bonds is 6. The molecule has 0 aliphatic carbocycles. The van der Waals surface area contributed by atoms with E-state index in [4.69, 9.17) is 0 Å². The van der Waals surface area contributed by atoms with Crippen LogP contribution in [0.15, 0.2) is 59.1 Å². The zero-order valence-electron chi connectivity index (χ0n) is 16.4. The second-order valence-electron chi connectivity index (χ2n) is 8.04. The van der Waals surface area contributed by atoms with Gasteiger partial charge in [0.2, 0.25) is 0 Å². The number of halogens is 1. The molecule has 1 unspecified atom stereocenters. The number of amides is 3. The number of carbonyl (C=O) groups is 2. The van der Waals surface area contributed by atoms with Gasteiger partial charge in [0.25, 0.3) is 5.91 Å². The van der Waals surface area contributed by atoms with Crippen LogP contribution in [0.3, 0.4) is 0 Å². The summed E-state index contributed by atoms with van der Waals surface area (Å²) in [5, 5.41) is 5.26. The first kappa shape index (κ1) is 20.1. The highest BCUT2D eigenvalue weighted by molar-refractivity contribution is 9.10. The third-order valence-corrected chi connectivity index (χ3v) is 6.70. The number of likely N-dealkylation sites (tertiary alicyclic amines) is 1. The molecule has 2 aromatic carbocycles. The van der Waals surface area contributed by atoms with Crippen molar-refractivity contribution in [3.8, 4) is 0 Å². The van der Waals surface area contributed by atoms with E-state index in [2.05, 4.69) is 80.0 Å². The van der Waals surface area contributed by atoms with Crippen molar-refractivity contribution in [2.45, 2.75) is 43.7 Å². The minimum atomic E-state index is -0.713. The Morgan fingerprint density at radius 1 is 0.966 bits per heavy atom. The molecule has 29 heavy (non-hydrogen) atoms. The van der Waals surface area contributed by atoms with E-state index in [0.29, 0.717) is 18.9 Å². The van der Waals surface area contributed by atoms with Gasteiger partial charge in [0.05, 0.1) is 0 Å². The van der Waals surface area contributed by atoms with Crippen molar-refractivity contribution in [3.05, 3.63) is 70.2 Å². The number of imide groups is 1. The molecule has 5 nitrogen and oxygen atoms in total. The number of urea groups is 1. The van der Waals surface area contributed by atoms with Crippen molar-refractivity contribution in [1.82, 2.24) is 15.5 Å². The Hall–Kier alpha value is -2.18. The van der Waals surface area contributed by atoms with E-state index in [1.165, 1.54) is 11.1 Å². The average molecular weight is 456 g/mol. The number of aryl methyl sites for hydroxylation is 1. The maximum absolute atomic E-state index is 12.3. The van der Waals surface area contributed by atoms with Crippen LogP contribution in [-0.2, 0) is 17.6 Å². The largest absolute Gasteiger partial charge is 0.323 e. The van der Waals surface area contributed by atoms with E-state index >= 15 is 0 Å².